The van der Waals surface area contributed by atoms with Crippen LogP contribution >= 0.6 is 0 Å². The number of Topliss-reactive ketones (excluding diaryl/α,β-unsaturated/α-hetero) is 1. The molecule has 4 rings (SSSR count). The van der Waals surface area contributed by atoms with Crippen molar-refractivity contribution in [2.24, 2.45) is 0 Å². The molecule has 1 fully saturated rings. The zero-order chi connectivity index (χ0) is 25.9. The SMILES string of the molecule is Cc1ccccc1C1CCN(C(=O)CCC(=O)c2ccc3c(c2)CCN(C(=O)C(F)(F)F)CC3)CC1. The standard InChI is InChI=1S/C28H31F3N2O3/c1-19-4-2-3-5-24(19)21-11-14-32(15-12-21)26(35)9-8-25(34)23-7-6-20-10-16-33(17-13-22(20)18-23)27(36)28(29,30)31/h2-7,18,21H,8-17H2,1H3. The fourth-order valence-corrected chi connectivity index (χ4v) is 5.29. The first kappa shape index (κ1) is 25.9. The van der Waals surface area contributed by atoms with Gasteiger partial charge in [-0.2, -0.15) is 13.2 Å². The van der Waals surface area contributed by atoms with Crippen molar-refractivity contribution in [1.29, 1.82) is 0 Å². The molecule has 0 aromatic heterocycles. The van der Waals surface area contributed by atoms with Crippen LogP contribution in [0.2, 0.25) is 0 Å². The van der Waals surface area contributed by atoms with Crippen LogP contribution in [0.25, 0.3) is 0 Å². The van der Waals surface area contributed by atoms with Crippen LogP contribution in [0.15, 0.2) is 42.5 Å². The van der Waals surface area contributed by atoms with Crippen LogP contribution in [0.1, 0.15) is 64.2 Å². The van der Waals surface area contributed by atoms with Crippen LogP contribution in [0, 0.1) is 6.92 Å². The van der Waals surface area contributed by atoms with Crippen molar-refractivity contribution in [2.75, 3.05) is 26.2 Å². The zero-order valence-electron chi connectivity index (χ0n) is 20.4. The number of amides is 2. The highest BCUT2D eigenvalue weighted by atomic mass is 19.4. The Labute approximate surface area is 209 Å². The van der Waals surface area contributed by atoms with Gasteiger partial charge in [-0.3, -0.25) is 14.4 Å². The summed E-state index contributed by atoms with van der Waals surface area (Å²) >= 11 is 0. The Hall–Kier alpha value is -3.16. The van der Waals surface area contributed by atoms with E-state index in [4.69, 9.17) is 0 Å². The molecule has 2 aromatic carbocycles. The highest BCUT2D eigenvalue weighted by Gasteiger charge is 2.42. The highest BCUT2D eigenvalue weighted by Crippen LogP contribution is 2.30. The Balaban J connectivity index is 1.29. The van der Waals surface area contributed by atoms with Gasteiger partial charge in [0.25, 0.3) is 0 Å². The first-order chi connectivity index (χ1) is 17.1. The quantitative estimate of drug-likeness (QED) is 0.552. The van der Waals surface area contributed by atoms with E-state index in [1.54, 1.807) is 18.2 Å². The molecule has 36 heavy (non-hydrogen) atoms. The van der Waals surface area contributed by atoms with Crippen molar-refractivity contribution in [3.63, 3.8) is 0 Å². The van der Waals surface area contributed by atoms with Crippen LogP contribution < -0.4 is 0 Å². The number of alkyl halides is 3. The second-order valence-corrected chi connectivity index (χ2v) is 9.71. The van der Waals surface area contributed by atoms with Gasteiger partial charge in [-0.05, 0) is 66.8 Å². The predicted octanol–water partition coefficient (Wildman–Crippen LogP) is 4.85. The summed E-state index contributed by atoms with van der Waals surface area (Å²) in [4.78, 5) is 39.8. The molecule has 0 unspecified atom stereocenters. The van der Waals surface area contributed by atoms with Crippen molar-refractivity contribution >= 4 is 17.6 Å². The number of ketones is 1. The largest absolute Gasteiger partial charge is 0.471 e. The topological polar surface area (TPSA) is 57.7 Å². The molecule has 2 heterocycles. The van der Waals surface area contributed by atoms with Crippen molar-refractivity contribution in [1.82, 2.24) is 9.80 Å². The lowest BCUT2D eigenvalue weighted by atomic mass is 9.87. The number of benzene rings is 2. The second kappa shape index (κ2) is 10.8. The van der Waals surface area contributed by atoms with E-state index in [9.17, 15) is 27.6 Å². The van der Waals surface area contributed by atoms with Gasteiger partial charge >= 0.3 is 12.1 Å². The molecule has 0 atom stereocenters. The summed E-state index contributed by atoms with van der Waals surface area (Å²) in [5, 5.41) is 0. The lowest BCUT2D eigenvalue weighted by Crippen LogP contribution is -2.42. The summed E-state index contributed by atoms with van der Waals surface area (Å²) in [6.45, 7) is 3.42. The molecule has 2 aliphatic heterocycles. The summed E-state index contributed by atoms with van der Waals surface area (Å²) < 4.78 is 38.4. The molecule has 192 valence electrons. The molecule has 0 N–H and O–H groups in total. The fourth-order valence-electron chi connectivity index (χ4n) is 5.29. The van der Waals surface area contributed by atoms with Gasteiger partial charge < -0.3 is 9.80 Å². The van der Waals surface area contributed by atoms with E-state index in [2.05, 4.69) is 19.1 Å². The number of fused-ring (bicyclic) bond motifs is 1. The van der Waals surface area contributed by atoms with Gasteiger partial charge in [0.15, 0.2) is 5.78 Å². The Morgan fingerprint density at radius 1 is 0.861 bits per heavy atom. The van der Waals surface area contributed by atoms with Gasteiger partial charge in [-0.15, -0.1) is 0 Å². The number of piperidine rings is 1. The monoisotopic (exact) mass is 500 g/mol. The summed E-state index contributed by atoms with van der Waals surface area (Å²) in [6, 6.07) is 13.5. The van der Waals surface area contributed by atoms with E-state index < -0.39 is 12.1 Å². The van der Waals surface area contributed by atoms with E-state index in [-0.39, 0.29) is 44.0 Å². The van der Waals surface area contributed by atoms with Crippen molar-refractivity contribution in [3.8, 4) is 0 Å². The number of carbonyl (C=O) groups is 3. The van der Waals surface area contributed by atoms with Gasteiger partial charge in [0.1, 0.15) is 0 Å². The number of nitrogens with zero attached hydrogens (tertiary/aromatic N) is 2. The van der Waals surface area contributed by atoms with Gasteiger partial charge in [0.05, 0.1) is 0 Å². The number of hydrogen-bond donors (Lipinski definition) is 0. The summed E-state index contributed by atoms with van der Waals surface area (Å²) in [5.41, 5.74) is 4.69. The summed E-state index contributed by atoms with van der Waals surface area (Å²) in [7, 11) is 0. The molecule has 0 bridgehead atoms. The second-order valence-electron chi connectivity index (χ2n) is 9.71. The van der Waals surface area contributed by atoms with Gasteiger partial charge in [-0.25, -0.2) is 0 Å². The molecular weight excluding hydrogens is 469 g/mol. The zero-order valence-corrected chi connectivity index (χ0v) is 20.4. The molecule has 8 heteroatoms. The third-order valence-electron chi connectivity index (χ3n) is 7.40. The summed E-state index contributed by atoms with van der Waals surface area (Å²) in [5.74, 6) is -1.57. The van der Waals surface area contributed by atoms with E-state index >= 15 is 0 Å². The smallest absolute Gasteiger partial charge is 0.343 e. The average Bonchev–Trinajstić information content (AvgIpc) is 3.08. The van der Waals surface area contributed by atoms with Crippen LogP contribution in [-0.2, 0) is 22.4 Å². The number of rotatable bonds is 5. The molecule has 2 aliphatic rings. The van der Waals surface area contributed by atoms with Crippen molar-refractivity contribution < 1.29 is 27.6 Å². The average molecular weight is 501 g/mol. The van der Waals surface area contributed by atoms with Crippen LogP contribution in [-0.4, -0.2) is 59.8 Å². The lowest BCUT2D eigenvalue weighted by Gasteiger charge is -2.33. The number of halogens is 3. The maximum atomic E-state index is 12.8. The maximum absolute atomic E-state index is 12.8. The maximum Gasteiger partial charge on any atom is 0.471 e. The van der Waals surface area contributed by atoms with Gasteiger partial charge in [0, 0.05) is 44.6 Å². The number of carbonyl (C=O) groups excluding carboxylic acids is 3. The fraction of sp³-hybridized carbons (Fsp3) is 0.464. The Kier molecular flexibility index (Phi) is 7.81. The van der Waals surface area contributed by atoms with E-state index in [1.165, 1.54) is 11.1 Å². The third kappa shape index (κ3) is 5.97. The Morgan fingerprint density at radius 3 is 2.19 bits per heavy atom. The number of likely N-dealkylation sites (tertiary alicyclic amines) is 1. The van der Waals surface area contributed by atoms with E-state index in [1.807, 2.05) is 17.0 Å². The van der Waals surface area contributed by atoms with Crippen molar-refractivity contribution in [2.45, 2.75) is 57.5 Å². The molecule has 0 saturated carbocycles. The molecule has 2 amide bonds. The van der Waals surface area contributed by atoms with Gasteiger partial charge in [-0.1, -0.05) is 36.4 Å². The minimum absolute atomic E-state index is 0.00628. The lowest BCUT2D eigenvalue weighted by molar-refractivity contribution is -0.185. The highest BCUT2D eigenvalue weighted by molar-refractivity contribution is 5.98. The summed E-state index contributed by atoms with van der Waals surface area (Å²) in [6.07, 6.45) is -2.28. The van der Waals surface area contributed by atoms with Crippen molar-refractivity contribution in [3.05, 3.63) is 70.3 Å². The van der Waals surface area contributed by atoms with Crippen LogP contribution in [0.3, 0.4) is 0 Å². The first-order valence-corrected chi connectivity index (χ1v) is 12.5. The molecule has 1 saturated heterocycles. The molecule has 0 aliphatic carbocycles. The molecule has 0 radical (unpaired) electrons. The van der Waals surface area contributed by atoms with E-state index in [0.717, 1.165) is 28.9 Å². The van der Waals surface area contributed by atoms with E-state index in [0.29, 0.717) is 31.0 Å². The molecular formula is C28H31F3N2O3. The molecule has 5 nitrogen and oxygen atoms in total. The Bertz CT molecular complexity index is 1140. The minimum Gasteiger partial charge on any atom is -0.343 e. The third-order valence-corrected chi connectivity index (χ3v) is 7.40. The van der Waals surface area contributed by atoms with Gasteiger partial charge in [0.2, 0.25) is 5.91 Å². The minimum atomic E-state index is -4.89. The Morgan fingerprint density at radius 2 is 1.53 bits per heavy atom. The van der Waals surface area contributed by atoms with Crippen LogP contribution in [0.5, 0.6) is 0 Å². The number of hydrogen-bond acceptors (Lipinski definition) is 3. The van der Waals surface area contributed by atoms with Crippen LogP contribution in [0.4, 0.5) is 13.2 Å². The predicted molar refractivity (Wildman–Crippen MR) is 130 cm³/mol. The normalized spacial score (nSPS) is 16.9. The molecule has 2 aromatic rings. The first-order valence-electron chi connectivity index (χ1n) is 12.5. The number of aryl methyl sites for hydroxylation is 1. The molecule has 0 spiro atoms.